The molecule has 197 valence electrons. The first kappa shape index (κ1) is 29.7. The topological polar surface area (TPSA) is 50.3 Å². The number of fused-ring (bicyclic) bond motifs is 3. The van der Waals surface area contributed by atoms with Crippen molar-refractivity contribution >= 4 is 5.97 Å². The van der Waals surface area contributed by atoms with E-state index in [1.165, 1.54) is 96.8 Å². The molecule has 2 bridgehead atoms. The van der Waals surface area contributed by atoms with Crippen molar-refractivity contribution in [2.24, 2.45) is 5.92 Å². The minimum atomic E-state index is -0.833. The number of nitrogens with zero attached hydrogens (tertiary/aromatic N) is 4. The van der Waals surface area contributed by atoms with Gasteiger partial charge < -0.3 is 19.8 Å². The van der Waals surface area contributed by atoms with Crippen molar-refractivity contribution in [3.05, 3.63) is 60.2 Å². The molecule has 3 aliphatic rings. The van der Waals surface area contributed by atoms with Gasteiger partial charge in [0.15, 0.2) is 0 Å². The summed E-state index contributed by atoms with van der Waals surface area (Å²) in [4.78, 5) is 19.9. The van der Waals surface area contributed by atoms with Gasteiger partial charge in [0, 0.05) is 76.1 Å². The molecule has 2 fully saturated rings. The molecule has 2 saturated heterocycles. The summed E-state index contributed by atoms with van der Waals surface area (Å²) in [6.45, 7) is 15.6. The van der Waals surface area contributed by atoms with Crippen molar-refractivity contribution in [1.82, 2.24) is 19.6 Å². The maximum absolute atomic E-state index is 9.00. The van der Waals surface area contributed by atoms with Crippen LogP contribution in [0.15, 0.2) is 54.6 Å². The molecule has 1 radical (unpaired) electrons. The summed E-state index contributed by atoms with van der Waals surface area (Å²) in [7, 11) is 0. The number of hydrogen-bond donors (Lipinski definition) is 1. The maximum Gasteiger partial charge on any atom is 0.300 e. The van der Waals surface area contributed by atoms with E-state index in [1.54, 1.807) is 0 Å². The Kier molecular flexibility index (Phi) is 14.5. The number of benzene rings is 1. The fourth-order valence-corrected chi connectivity index (χ4v) is 5.06. The molecule has 0 spiro atoms. The van der Waals surface area contributed by atoms with Gasteiger partial charge in [-0.1, -0.05) is 54.6 Å². The molecule has 3 unspecified atom stereocenters. The molecule has 1 aromatic rings. The van der Waals surface area contributed by atoms with Gasteiger partial charge >= 0.3 is 0 Å². The largest absolute Gasteiger partial charge is 0.481 e. The smallest absolute Gasteiger partial charge is 0.300 e. The van der Waals surface area contributed by atoms with Crippen LogP contribution >= 0.6 is 0 Å². The van der Waals surface area contributed by atoms with E-state index >= 15 is 0 Å². The van der Waals surface area contributed by atoms with Crippen LogP contribution in [0.25, 0.3) is 0 Å². The SMILES string of the molecule is C1=CCC(CN2CCCN3CCN(CCCN(Cc4ccccc4)CC3)CC2)C=C1.CC(=O)O.[Co]. The normalized spacial score (nSPS) is 26.1. The van der Waals surface area contributed by atoms with Crippen LogP contribution in [-0.2, 0) is 28.1 Å². The van der Waals surface area contributed by atoms with Gasteiger partial charge in [-0.3, -0.25) is 9.69 Å². The Labute approximate surface area is 222 Å². The molecule has 7 heteroatoms. The van der Waals surface area contributed by atoms with Crippen molar-refractivity contribution in [3.8, 4) is 0 Å². The second kappa shape index (κ2) is 17.1. The van der Waals surface area contributed by atoms with Gasteiger partial charge in [-0.2, -0.15) is 0 Å². The minimum Gasteiger partial charge on any atom is -0.481 e. The molecule has 0 amide bonds. The van der Waals surface area contributed by atoms with Crippen LogP contribution in [0.2, 0.25) is 0 Å². The molecular formula is C28H44CoN4O2. The van der Waals surface area contributed by atoms with Gasteiger partial charge in [0.25, 0.3) is 5.97 Å². The first-order valence-corrected chi connectivity index (χ1v) is 13.0. The minimum absolute atomic E-state index is 0. The summed E-state index contributed by atoms with van der Waals surface area (Å²) < 4.78 is 0. The zero-order valence-electron chi connectivity index (χ0n) is 21.4. The third-order valence-electron chi connectivity index (χ3n) is 6.91. The van der Waals surface area contributed by atoms with Crippen LogP contribution < -0.4 is 0 Å². The van der Waals surface area contributed by atoms with Crippen LogP contribution in [0.5, 0.6) is 0 Å². The summed E-state index contributed by atoms with van der Waals surface area (Å²) in [6.07, 6.45) is 12.9. The van der Waals surface area contributed by atoms with E-state index in [0.29, 0.717) is 5.92 Å². The van der Waals surface area contributed by atoms with Crippen LogP contribution in [0, 0.1) is 5.92 Å². The Morgan fingerprint density at radius 2 is 1.40 bits per heavy atom. The van der Waals surface area contributed by atoms with E-state index in [1.807, 2.05) is 0 Å². The van der Waals surface area contributed by atoms with Crippen LogP contribution in [0.4, 0.5) is 0 Å². The Hall–Kier alpha value is -1.48. The number of carbonyl (C=O) groups is 1. The summed E-state index contributed by atoms with van der Waals surface area (Å²) >= 11 is 0. The van der Waals surface area contributed by atoms with Gasteiger partial charge in [-0.05, 0) is 56.9 Å². The van der Waals surface area contributed by atoms with Crippen molar-refractivity contribution < 1.29 is 26.7 Å². The number of rotatable bonds is 4. The molecule has 6 nitrogen and oxygen atoms in total. The molecule has 4 rings (SSSR count). The zero-order chi connectivity index (χ0) is 24.0. The van der Waals surface area contributed by atoms with Gasteiger partial charge in [0.1, 0.15) is 0 Å². The quantitative estimate of drug-likeness (QED) is 0.648. The van der Waals surface area contributed by atoms with Crippen LogP contribution in [0.3, 0.4) is 0 Å². The zero-order valence-corrected chi connectivity index (χ0v) is 22.4. The van der Waals surface area contributed by atoms with Crippen LogP contribution in [-0.4, -0.2) is 103 Å². The summed E-state index contributed by atoms with van der Waals surface area (Å²) in [5.74, 6) is -0.132. The Balaban J connectivity index is 0.000000804. The summed E-state index contributed by atoms with van der Waals surface area (Å²) in [5.41, 5.74) is 1.45. The molecule has 1 N–H and O–H groups in total. The average Bonchev–Trinajstić information content (AvgIpc) is 2.83. The molecule has 0 aromatic heterocycles. The van der Waals surface area contributed by atoms with E-state index in [2.05, 4.69) is 74.2 Å². The second-order valence-corrected chi connectivity index (χ2v) is 9.78. The van der Waals surface area contributed by atoms with E-state index in [-0.39, 0.29) is 16.8 Å². The van der Waals surface area contributed by atoms with Crippen molar-refractivity contribution in [1.29, 1.82) is 0 Å². The van der Waals surface area contributed by atoms with Crippen molar-refractivity contribution in [2.75, 3.05) is 72.0 Å². The monoisotopic (exact) mass is 527 g/mol. The predicted molar refractivity (Wildman–Crippen MR) is 140 cm³/mol. The van der Waals surface area contributed by atoms with E-state index in [0.717, 1.165) is 13.5 Å². The van der Waals surface area contributed by atoms with E-state index in [4.69, 9.17) is 9.90 Å². The molecule has 35 heavy (non-hydrogen) atoms. The average molecular weight is 528 g/mol. The fourth-order valence-electron chi connectivity index (χ4n) is 5.06. The van der Waals surface area contributed by atoms with E-state index < -0.39 is 5.97 Å². The third-order valence-corrected chi connectivity index (χ3v) is 6.91. The molecule has 1 aliphatic carbocycles. The van der Waals surface area contributed by atoms with Gasteiger partial charge in [0.2, 0.25) is 0 Å². The number of allylic oxidation sites excluding steroid dienone is 3. The van der Waals surface area contributed by atoms with Gasteiger partial charge in [0.05, 0.1) is 0 Å². The maximum atomic E-state index is 9.00. The summed E-state index contributed by atoms with van der Waals surface area (Å²) in [6, 6.07) is 11.0. The number of aliphatic carboxylic acids is 1. The number of hydrogen-bond acceptors (Lipinski definition) is 5. The predicted octanol–water partition coefficient (Wildman–Crippen LogP) is 3.42. The molecule has 0 saturated carbocycles. The Morgan fingerprint density at radius 3 is 2.00 bits per heavy atom. The van der Waals surface area contributed by atoms with Gasteiger partial charge in [-0.25, -0.2) is 0 Å². The first-order valence-electron chi connectivity index (χ1n) is 13.0. The Morgan fingerprint density at radius 1 is 0.829 bits per heavy atom. The van der Waals surface area contributed by atoms with Gasteiger partial charge in [-0.15, -0.1) is 0 Å². The molecule has 1 aromatic carbocycles. The van der Waals surface area contributed by atoms with Crippen LogP contribution in [0.1, 0.15) is 31.7 Å². The Bertz CT molecular complexity index is 769. The van der Waals surface area contributed by atoms with E-state index in [9.17, 15) is 0 Å². The first-order chi connectivity index (χ1) is 16.6. The van der Waals surface area contributed by atoms with Crippen molar-refractivity contribution in [3.63, 3.8) is 0 Å². The molecular weight excluding hydrogens is 483 g/mol. The molecule has 3 atom stereocenters. The fraction of sp³-hybridized carbons (Fsp3) is 0.607. The number of carboxylic acids is 1. The third kappa shape index (κ3) is 12.4. The number of carboxylic acid groups (broad SMARTS) is 1. The standard InChI is InChI=1S/C26H40N4.C2H4O2.Co/c1-3-9-25(10-4-1)23-29-15-7-13-28-18-17-27(19-21-29)14-8-16-30(22-20-28)24-26-11-5-2-6-12-26;1-2(3)4;/h1-6,9-11,26H,7-8,12-24H2;1H3,(H,3,4);. The van der Waals surface area contributed by atoms with Crippen molar-refractivity contribution in [2.45, 2.75) is 32.7 Å². The molecule has 2 aliphatic heterocycles. The summed E-state index contributed by atoms with van der Waals surface area (Å²) in [5, 5.41) is 7.42. The molecule has 2 heterocycles. The second-order valence-electron chi connectivity index (χ2n) is 9.78.